The molecule has 0 aliphatic heterocycles. The fourth-order valence-corrected chi connectivity index (χ4v) is 3.31. The molecule has 0 fully saturated rings. The summed E-state index contributed by atoms with van der Waals surface area (Å²) in [7, 11) is 3.36. The molecule has 0 radical (unpaired) electrons. The molecule has 3 heteroatoms. The highest BCUT2D eigenvalue weighted by molar-refractivity contribution is 5.40. The lowest BCUT2D eigenvalue weighted by Crippen LogP contribution is -2.31. The Balaban J connectivity index is 1.93. The van der Waals surface area contributed by atoms with Gasteiger partial charge in [0.25, 0.3) is 0 Å². The molecule has 1 atom stereocenters. The third-order valence-electron chi connectivity index (χ3n) is 4.69. The highest BCUT2D eigenvalue weighted by Crippen LogP contribution is 2.31. The molecule has 0 saturated carbocycles. The van der Waals surface area contributed by atoms with Crippen molar-refractivity contribution in [1.29, 1.82) is 0 Å². The second kappa shape index (κ2) is 8.54. The molecular weight excluding hydrogens is 322 g/mol. The van der Waals surface area contributed by atoms with E-state index in [2.05, 4.69) is 48.5 Å². The Kier molecular flexibility index (Phi) is 5.92. The first-order valence-corrected chi connectivity index (χ1v) is 8.78. The summed E-state index contributed by atoms with van der Waals surface area (Å²) < 4.78 is 10.6. The number of methoxy groups -OCH3 is 2. The first-order chi connectivity index (χ1) is 12.7. The fraction of sp³-hybridized carbons (Fsp3) is 0.217. The summed E-state index contributed by atoms with van der Waals surface area (Å²) in [5.74, 6) is 1.78. The van der Waals surface area contributed by atoms with Gasteiger partial charge in [0.15, 0.2) is 0 Å². The lowest BCUT2D eigenvalue weighted by molar-refractivity contribution is 0.414. The second-order valence-electron chi connectivity index (χ2n) is 6.38. The Hall–Kier alpha value is -2.78. The van der Waals surface area contributed by atoms with Crippen molar-refractivity contribution in [2.24, 2.45) is 5.73 Å². The summed E-state index contributed by atoms with van der Waals surface area (Å²) in [4.78, 5) is 0. The van der Waals surface area contributed by atoms with Crippen LogP contribution in [0.5, 0.6) is 11.5 Å². The molecule has 1 unspecified atom stereocenters. The molecule has 0 saturated heterocycles. The van der Waals surface area contributed by atoms with Crippen LogP contribution in [-0.2, 0) is 6.42 Å². The SMILES string of the molecule is COc1ccc(C(c2ccc(OC)cc2)C(N)Cc2ccccc2)cc1. The van der Waals surface area contributed by atoms with Gasteiger partial charge in [-0.1, -0.05) is 54.6 Å². The maximum Gasteiger partial charge on any atom is 0.118 e. The van der Waals surface area contributed by atoms with Crippen LogP contribution in [0.4, 0.5) is 0 Å². The summed E-state index contributed by atoms with van der Waals surface area (Å²) in [6.45, 7) is 0. The molecule has 3 nitrogen and oxygen atoms in total. The van der Waals surface area contributed by atoms with Gasteiger partial charge >= 0.3 is 0 Å². The largest absolute Gasteiger partial charge is 0.497 e. The summed E-state index contributed by atoms with van der Waals surface area (Å²) in [5, 5.41) is 0. The third-order valence-corrected chi connectivity index (χ3v) is 4.69. The van der Waals surface area contributed by atoms with Crippen LogP contribution in [-0.4, -0.2) is 20.3 Å². The molecule has 134 valence electrons. The molecule has 0 aliphatic rings. The molecule has 0 bridgehead atoms. The van der Waals surface area contributed by atoms with Crippen molar-refractivity contribution in [3.63, 3.8) is 0 Å². The van der Waals surface area contributed by atoms with E-state index in [-0.39, 0.29) is 12.0 Å². The normalized spacial score (nSPS) is 12.0. The molecule has 26 heavy (non-hydrogen) atoms. The molecule has 3 rings (SSSR count). The zero-order valence-corrected chi connectivity index (χ0v) is 15.3. The van der Waals surface area contributed by atoms with E-state index < -0.39 is 0 Å². The van der Waals surface area contributed by atoms with E-state index in [1.807, 2.05) is 30.3 Å². The Morgan fingerprint density at radius 3 is 1.58 bits per heavy atom. The van der Waals surface area contributed by atoms with E-state index in [4.69, 9.17) is 15.2 Å². The van der Waals surface area contributed by atoms with Crippen molar-refractivity contribution in [2.45, 2.75) is 18.4 Å². The predicted octanol–water partition coefficient (Wildman–Crippen LogP) is 4.41. The van der Waals surface area contributed by atoms with Crippen molar-refractivity contribution >= 4 is 0 Å². The summed E-state index contributed by atoms with van der Waals surface area (Å²) in [5.41, 5.74) is 10.3. The lowest BCUT2D eigenvalue weighted by Gasteiger charge is -2.25. The van der Waals surface area contributed by atoms with Crippen molar-refractivity contribution < 1.29 is 9.47 Å². The van der Waals surface area contributed by atoms with Gasteiger partial charge in [-0.25, -0.2) is 0 Å². The smallest absolute Gasteiger partial charge is 0.118 e. The Morgan fingerprint density at radius 1 is 0.692 bits per heavy atom. The molecule has 0 spiro atoms. The maximum atomic E-state index is 6.69. The number of hydrogen-bond donors (Lipinski definition) is 1. The van der Waals surface area contributed by atoms with E-state index >= 15 is 0 Å². The standard InChI is InChI=1S/C23H25NO2/c1-25-20-12-8-18(9-13-20)23(19-10-14-21(26-2)15-11-19)22(24)16-17-6-4-3-5-7-17/h3-15,22-23H,16,24H2,1-2H3. The minimum absolute atomic E-state index is 0.0424. The van der Waals surface area contributed by atoms with Gasteiger partial charge in [-0.2, -0.15) is 0 Å². The zero-order valence-electron chi connectivity index (χ0n) is 15.3. The molecular formula is C23H25NO2. The van der Waals surface area contributed by atoms with Gasteiger partial charge in [0, 0.05) is 12.0 Å². The highest BCUT2D eigenvalue weighted by Gasteiger charge is 2.22. The highest BCUT2D eigenvalue weighted by atomic mass is 16.5. The Labute approximate surface area is 155 Å². The van der Waals surface area contributed by atoms with Crippen molar-refractivity contribution in [3.05, 3.63) is 95.6 Å². The van der Waals surface area contributed by atoms with Crippen LogP contribution in [0.1, 0.15) is 22.6 Å². The van der Waals surface area contributed by atoms with Gasteiger partial charge < -0.3 is 15.2 Å². The van der Waals surface area contributed by atoms with Crippen molar-refractivity contribution in [2.75, 3.05) is 14.2 Å². The van der Waals surface area contributed by atoms with Gasteiger partial charge in [0.1, 0.15) is 11.5 Å². The van der Waals surface area contributed by atoms with Gasteiger partial charge in [-0.05, 0) is 47.4 Å². The summed E-state index contributed by atoms with van der Waals surface area (Å²) in [6, 6.07) is 26.7. The number of benzene rings is 3. The Bertz CT molecular complexity index is 750. The fourth-order valence-electron chi connectivity index (χ4n) is 3.31. The van der Waals surface area contributed by atoms with Crippen molar-refractivity contribution in [1.82, 2.24) is 0 Å². The lowest BCUT2D eigenvalue weighted by atomic mass is 9.83. The number of rotatable bonds is 7. The quantitative estimate of drug-likeness (QED) is 0.689. The number of hydrogen-bond acceptors (Lipinski definition) is 3. The number of nitrogens with two attached hydrogens (primary N) is 1. The first kappa shape index (κ1) is 18.0. The molecule has 0 aliphatic carbocycles. The molecule has 3 aromatic rings. The molecule has 0 aromatic heterocycles. The number of ether oxygens (including phenoxy) is 2. The first-order valence-electron chi connectivity index (χ1n) is 8.78. The van der Waals surface area contributed by atoms with E-state index in [1.54, 1.807) is 14.2 Å². The average molecular weight is 347 g/mol. The molecule has 3 aromatic carbocycles. The average Bonchev–Trinajstić information content (AvgIpc) is 2.70. The van der Waals surface area contributed by atoms with Crippen molar-refractivity contribution in [3.8, 4) is 11.5 Å². The van der Waals surface area contributed by atoms with E-state index in [9.17, 15) is 0 Å². The van der Waals surface area contributed by atoms with Gasteiger partial charge in [-0.15, -0.1) is 0 Å². The van der Waals surface area contributed by atoms with E-state index in [1.165, 1.54) is 16.7 Å². The van der Waals surface area contributed by atoms with Gasteiger partial charge in [0.05, 0.1) is 14.2 Å². The minimum atomic E-state index is -0.0424. The third kappa shape index (κ3) is 4.24. The van der Waals surface area contributed by atoms with Crippen LogP contribution in [0.15, 0.2) is 78.9 Å². The van der Waals surface area contributed by atoms with Crippen LogP contribution in [0.3, 0.4) is 0 Å². The second-order valence-corrected chi connectivity index (χ2v) is 6.38. The van der Waals surface area contributed by atoms with E-state index in [0.29, 0.717) is 0 Å². The summed E-state index contributed by atoms with van der Waals surface area (Å²) >= 11 is 0. The minimum Gasteiger partial charge on any atom is -0.497 e. The van der Waals surface area contributed by atoms with Crippen LogP contribution >= 0.6 is 0 Å². The van der Waals surface area contributed by atoms with Crippen LogP contribution in [0.25, 0.3) is 0 Å². The molecule has 0 heterocycles. The van der Waals surface area contributed by atoms with E-state index in [0.717, 1.165) is 17.9 Å². The van der Waals surface area contributed by atoms with Crippen LogP contribution in [0.2, 0.25) is 0 Å². The monoisotopic (exact) mass is 347 g/mol. The Morgan fingerprint density at radius 2 is 1.15 bits per heavy atom. The molecule has 2 N–H and O–H groups in total. The molecule has 0 amide bonds. The zero-order chi connectivity index (χ0) is 18.4. The summed E-state index contributed by atoms with van der Waals surface area (Å²) in [6.07, 6.45) is 0.809. The van der Waals surface area contributed by atoms with Gasteiger partial charge in [0.2, 0.25) is 0 Å². The maximum absolute atomic E-state index is 6.69. The van der Waals surface area contributed by atoms with Crippen LogP contribution < -0.4 is 15.2 Å². The van der Waals surface area contributed by atoms with Crippen LogP contribution in [0, 0.1) is 0 Å². The van der Waals surface area contributed by atoms with Gasteiger partial charge in [-0.3, -0.25) is 0 Å². The topological polar surface area (TPSA) is 44.5 Å². The predicted molar refractivity (Wildman–Crippen MR) is 106 cm³/mol.